The first-order valence-electron chi connectivity index (χ1n) is 5.01. The number of carboxylic acids is 1. The van der Waals surface area contributed by atoms with E-state index in [0.717, 1.165) is 23.0 Å². The van der Waals surface area contributed by atoms with Gasteiger partial charge in [0.25, 0.3) is 0 Å². The molecule has 1 aromatic rings. The number of anilines is 1. The number of carbonyl (C=O) groups is 1. The second-order valence-corrected chi connectivity index (χ2v) is 6.12. The Hall–Kier alpha value is -0.680. The monoisotopic (exact) mass is 241 g/mol. The number of fused-ring (bicyclic) bond motifs is 1. The maximum Gasteiger partial charge on any atom is 0.347 e. The van der Waals surface area contributed by atoms with Gasteiger partial charge in [0.1, 0.15) is 4.88 Å². The van der Waals surface area contributed by atoms with Crippen LogP contribution < -0.4 is 5.32 Å². The molecule has 0 bridgehead atoms. The van der Waals surface area contributed by atoms with Gasteiger partial charge in [0, 0.05) is 17.2 Å². The lowest BCUT2D eigenvalue weighted by molar-refractivity contribution is 0.0699. The molecule has 1 aromatic heterocycles. The molecular weight excluding hydrogens is 230 g/mol. The van der Waals surface area contributed by atoms with Crippen LogP contribution in [0.5, 0.6) is 0 Å². The van der Waals surface area contributed by atoms with Gasteiger partial charge in [0.05, 0.1) is 10.6 Å². The Morgan fingerprint density at radius 3 is 3.00 bits per heavy atom. The van der Waals surface area contributed by atoms with Crippen molar-refractivity contribution in [3.63, 3.8) is 0 Å². The van der Waals surface area contributed by atoms with Crippen molar-refractivity contribution >= 4 is 34.8 Å². The number of hydrogen-bond acceptors (Lipinski definition) is 4. The molecule has 3 rings (SSSR count). The van der Waals surface area contributed by atoms with Gasteiger partial charge in [-0.2, -0.15) is 0 Å². The molecule has 5 heteroatoms. The second-order valence-electron chi connectivity index (χ2n) is 3.99. The van der Waals surface area contributed by atoms with Crippen molar-refractivity contribution in [3.8, 4) is 0 Å². The largest absolute Gasteiger partial charge is 0.477 e. The Labute approximate surface area is 95.9 Å². The van der Waals surface area contributed by atoms with E-state index in [1.54, 1.807) is 11.8 Å². The predicted octanol–water partition coefficient (Wildman–Crippen LogP) is 2.74. The fourth-order valence-electron chi connectivity index (χ4n) is 1.87. The molecule has 2 aliphatic rings. The van der Waals surface area contributed by atoms with E-state index in [2.05, 4.69) is 5.32 Å². The van der Waals surface area contributed by atoms with E-state index >= 15 is 0 Å². The lowest BCUT2D eigenvalue weighted by atomic mass is 10.2. The molecule has 1 unspecified atom stereocenters. The quantitative estimate of drug-likeness (QED) is 0.836. The van der Waals surface area contributed by atoms with Gasteiger partial charge in [0.2, 0.25) is 0 Å². The molecule has 0 amide bonds. The summed E-state index contributed by atoms with van der Waals surface area (Å²) in [5.74, 6) is 0.00388. The highest BCUT2D eigenvalue weighted by Gasteiger charge is 2.36. The van der Waals surface area contributed by atoms with Crippen LogP contribution in [0, 0.1) is 5.92 Å². The number of carboxylic acid groups (broad SMARTS) is 1. The first-order chi connectivity index (χ1) is 7.25. The van der Waals surface area contributed by atoms with Crippen LogP contribution in [0.3, 0.4) is 0 Å². The highest BCUT2D eigenvalue weighted by Crippen LogP contribution is 2.48. The molecule has 1 atom stereocenters. The topological polar surface area (TPSA) is 49.3 Å². The van der Waals surface area contributed by atoms with E-state index in [4.69, 9.17) is 5.11 Å². The zero-order valence-corrected chi connectivity index (χ0v) is 9.66. The van der Waals surface area contributed by atoms with Crippen LogP contribution >= 0.6 is 23.1 Å². The third kappa shape index (κ3) is 1.63. The van der Waals surface area contributed by atoms with Crippen LogP contribution in [0.15, 0.2) is 10.3 Å². The molecule has 1 aliphatic carbocycles. The SMILES string of the molecule is O=C(O)c1scc2c1SC(C1CC1)CN2. The fourth-order valence-corrected chi connectivity index (χ4v) is 4.37. The minimum absolute atomic E-state index is 0.493. The number of thioether (sulfide) groups is 1. The molecular formula is C10H11NO2S2. The zero-order valence-electron chi connectivity index (χ0n) is 8.03. The number of aromatic carboxylic acids is 1. The Morgan fingerprint density at radius 2 is 2.33 bits per heavy atom. The zero-order chi connectivity index (χ0) is 10.4. The van der Waals surface area contributed by atoms with Gasteiger partial charge in [-0.05, 0) is 18.8 Å². The van der Waals surface area contributed by atoms with Crippen molar-refractivity contribution in [2.75, 3.05) is 11.9 Å². The lowest BCUT2D eigenvalue weighted by Gasteiger charge is -2.23. The number of hydrogen-bond donors (Lipinski definition) is 2. The molecule has 0 aromatic carbocycles. The van der Waals surface area contributed by atoms with Crippen molar-refractivity contribution in [2.24, 2.45) is 5.92 Å². The second kappa shape index (κ2) is 3.42. The maximum absolute atomic E-state index is 11.0. The van der Waals surface area contributed by atoms with Gasteiger partial charge in [-0.15, -0.1) is 23.1 Å². The van der Waals surface area contributed by atoms with E-state index < -0.39 is 5.97 Å². The van der Waals surface area contributed by atoms with Crippen LogP contribution in [-0.4, -0.2) is 22.9 Å². The standard InChI is InChI=1S/C10H11NO2S2/c12-10(13)9-8-6(4-14-9)11-3-7(15-8)5-1-2-5/h4-5,7,11H,1-3H2,(H,12,13). The van der Waals surface area contributed by atoms with Gasteiger partial charge in [-0.25, -0.2) is 4.79 Å². The van der Waals surface area contributed by atoms with Crippen molar-refractivity contribution in [1.29, 1.82) is 0 Å². The van der Waals surface area contributed by atoms with E-state index in [0.29, 0.717) is 10.1 Å². The van der Waals surface area contributed by atoms with Gasteiger partial charge in [-0.1, -0.05) is 0 Å². The van der Waals surface area contributed by atoms with Gasteiger partial charge >= 0.3 is 5.97 Å². The van der Waals surface area contributed by atoms with Crippen LogP contribution in [-0.2, 0) is 0 Å². The van der Waals surface area contributed by atoms with Crippen LogP contribution in [0.4, 0.5) is 5.69 Å². The molecule has 1 fully saturated rings. The summed E-state index contributed by atoms with van der Waals surface area (Å²) in [5.41, 5.74) is 1.01. The summed E-state index contributed by atoms with van der Waals surface area (Å²) in [5, 5.41) is 14.9. The van der Waals surface area contributed by atoms with Crippen molar-refractivity contribution in [1.82, 2.24) is 0 Å². The van der Waals surface area contributed by atoms with E-state index in [-0.39, 0.29) is 0 Å². The molecule has 2 N–H and O–H groups in total. The highest BCUT2D eigenvalue weighted by molar-refractivity contribution is 8.00. The average Bonchev–Trinajstić information content (AvgIpc) is 2.97. The lowest BCUT2D eigenvalue weighted by Crippen LogP contribution is -2.22. The average molecular weight is 241 g/mol. The minimum atomic E-state index is -0.799. The Morgan fingerprint density at radius 1 is 1.53 bits per heavy atom. The predicted molar refractivity (Wildman–Crippen MR) is 62.1 cm³/mol. The summed E-state index contributed by atoms with van der Waals surface area (Å²) in [4.78, 5) is 12.4. The number of nitrogens with one attached hydrogen (secondary N) is 1. The van der Waals surface area contributed by atoms with Gasteiger partial charge in [-0.3, -0.25) is 0 Å². The highest BCUT2D eigenvalue weighted by atomic mass is 32.2. The maximum atomic E-state index is 11.0. The van der Waals surface area contributed by atoms with Crippen LogP contribution in [0.2, 0.25) is 0 Å². The van der Waals surface area contributed by atoms with Crippen LogP contribution in [0.25, 0.3) is 0 Å². The van der Waals surface area contributed by atoms with Crippen molar-refractivity contribution < 1.29 is 9.90 Å². The van der Waals surface area contributed by atoms with Gasteiger partial charge in [0.15, 0.2) is 0 Å². The smallest absolute Gasteiger partial charge is 0.347 e. The summed E-state index contributed by atoms with van der Waals surface area (Å²) in [6.45, 7) is 0.984. The molecule has 3 nitrogen and oxygen atoms in total. The Balaban J connectivity index is 1.91. The normalized spacial score (nSPS) is 24.4. The van der Waals surface area contributed by atoms with E-state index in [9.17, 15) is 4.79 Å². The molecule has 80 valence electrons. The summed E-state index contributed by atoms with van der Waals surface area (Å²) < 4.78 is 0. The molecule has 1 saturated carbocycles. The summed E-state index contributed by atoms with van der Waals surface area (Å²) in [6.07, 6.45) is 2.61. The molecule has 15 heavy (non-hydrogen) atoms. The van der Waals surface area contributed by atoms with Gasteiger partial charge < -0.3 is 10.4 Å². The number of thiophene rings is 1. The fraction of sp³-hybridized carbons (Fsp3) is 0.500. The molecule has 2 heterocycles. The molecule has 0 spiro atoms. The molecule has 0 radical (unpaired) electrons. The summed E-state index contributed by atoms with van der Waals surface area (Å²) in [7, 11) is 0. The summed E-state index contributed by atoms with van der Waals surface area (Å²) >= 11 is 3.08. The summed E-state index contributed by atoms with van der Waals surface area (Å²) in [6, 6.07) is 0. The van der Waals surface area contributed by atoms with Crippen molar-refractivity contribution in [2.45, 2.75) is 23.0 Å². The van der Waals surface area contributed by atoms with Crippen LogP contribution in [0.1, 0.15) is 22.5 Å². The Bertz CT molecular complexity index is 412. The Kier molecular flexibility index (Phi) is 2.17. The number of rotatable bonds is 2. The van der Waals surface area contributed by atoms with Crippen molar-refractivity contribution in [3.05, 3.63) is 10.3 Å². The third-order valence-corrected chi connectivity index (χ3v) is 5.46. The minimum Gasteiger partial charge on any atom is -0.477 e. The van der Waals surface area contributed by atoms with E-state index in [1.165, 1.54) is 24.2 Å². The first kappa shape index (κ1) is 9.54. The van der Waals surface area contributed by atoms with E-state index in [1.807, 2.05) is 5.38 Å². The molecule has 1 aliphatic heterocycles. The first-order valence-corrected chi connectivity index (χ1v) is 6.77. The molecule has 0 saturated heterocycles. The third-order valence-electron chi connectivity index (χ3n) is 2.85.